The minimum atomic E-state index is -1.15. The summed E-state index contributed by atoms with van der Waals surface area (Å²) in [5.74, 6) is -0.932. The van der Waals surface area contributed by atoms with E-state index >= 15 is 0 Å². The average molecular weight is 386 g/mol. The molecule has 0 saturated heterocycles. The van der Waals surface area contributed by atoms with Gasteiger partial charge in [-0.2, -0.15) is 0 Å². The Morgan fingerprint density at radius 2 is 1.81 bits per heavy atom. The second-order valence-electron chi connectivity index (χ2n) is 5.32. The zero-order valence-corrected chi connectivity index (χ0v) is 14.9. The maximum atomic E-state index is 11.5. The highest BCUT2D eigenvalue weighted by atomic mass is 32.2. The van der Waals surface area contributed by atoms with Crippen LogP contribution in [0.1, 0.15) is 28.9 Å². The lowest BCUT2D eigenvalue weighted by Gasteiger charge is -1.99. The average Bonchev–Trinajstić information content (AvgIpc) is 3.30. The summed E-state index contributed by atoms with van der Waals surface area (Å²) in [6.07, 6.45) is 1.92. The van der Waals surface area contributed by atoms with Crippen molar-refractivity contribution in [1.82, 2.24) is 10.2 Å². The fraction of sp³-hybridized carbons (Fsp3) is 0.111. The molecule has 3 rings (SSSR count). The molecule has 0 bridgehead atoms. The van der Waals surface area contributed by atoms with E-state index in [0.29, 0.717) is 29.4 Å². The van der Waals surface area contributed by atoms with Gasteiger partial charge in [0.05, 0.1) is 5.56 Å². The highest BCUT2D eigenvalue weighted by Gasteiger charge is 2.16. The number of aliphatic carboxylic acids is 1. The van der Waals surface area contributed by atoms with Crippen molar-refractivity contribution in [3.05, 3.63) is 58.5 Å². The lowest BCUT2D eigenvalue weighted by molar-refractivity contribution is -0.131. The number of aromatic carboxylic acids is 1. The summed E-state index contributed by atoms with van der Waals surface area (Å²) in [5, 5.41) is 26.0. The van der Waals surface area contributed by atoms with Gasteiger partial charge in [0, 0.05) is 18.1 Å². The molecule has 0 spiro atoms. The van der Waals surface area contributed by atoms with Crippen LogP contribution < -0.4 is 0 Å². The minimum Gasteiger partial charge on any atom is -0.478 e. The number of rotatable bonds is 7. The Morgan fingerprint density at radius 1 is 1.07 bits per heavy atom. The number of hydrogen-bond donors (Lipinski definition) is 2. The van der Waals surface area contributed by atoms with Gasteiger partial charge in [-0.05, 0) is 36.0 Å². The van der Waals surface area contributed by atoms with E-state index in [1.165, 1.54) is 18.2 Å². The van der Waals surface area contributed by atoms with Gasteiger partial charge in [-0.15, -0.1) is 10.2 Å². The summed E-state index contributed by atoms with van der Waals surface area (Å²) in [4.78, 5) is 22.4. The largest absolute Gasteiger partial charge is 0.478 e. The second-order valence-corrected chi connectivity index (χ2v) is 6.31. The molecule has 0 saturated carbocycles. The molecular formula is C18H14N2O6S. The summed E-state index contributed by atoms with van der Waals surface area (Å²) >= 11 is 0.834. The van der Waals surface area contributed by atoms with Crippen LogP contribution in [-0.2, 0) is 11.2 Å². The first-order valence-electron chi connectivity index (χ1n) is 7.85. The molecular weight excluding hydrogens is 372 g/mol. The quantitative estimate of drug-likeness (QED) is 0.460. The molecule has 9 heteroatoms. The number of carbonyl (C=O) groups is 2. The second kappa shape index (κ2) is 7.92. The smallest absolute Gasteiger partial charge is 0.342 e. The third kappa shape index (κ3) is 4.45. The molecule has 0 fully saturated rings. The van der Waals surface area contributed by atoms with Crippen LogP contribution in [0.25, 0.3) is 17.4 Å². The number of nitrogens with zero attached hydrogens (tertiary/aromatic N) is 2. The molecule has 0 aliphatic rings. The van der Waals surface area contributed by atoms with Crippen molar-refractivity contribution in [2.24, 2.45) is 0 Å². The minimum absolute atomic E-state index is 0.0385. The Hall–Kier alpha value is -3.33. The van der Waals surface area contributed by atoms with Crippen LogP contribution in [0.2, 0.25) is 0 Å². The van der Waals surface area contributed by atoms with Crippen molar-refractivity contribution >= 4 is 29.8 Å². The first kappa shape index (κ1) is 18.5. The summed E-state index contributed by atoms with van der Waals surface area (Å²) in [7, 11) is 0. The highest BCUT2D eigenvalue weighted by molar-refractivity contribution is 8.03. The summed E-state index contributed by atoms with van der Waals surface area (Å²) < 4.78 is 11.0. The van der Waals surface area contributed by atoms with Crippen molar-refractivity contribution in [1.29, 1.82) is 0 Å². The van der Waals surface area contributed by atoms with Gasteiger partial charge < -0.3 is 19.0 Å². The van der Waals surface area contributed by atoms with Crippen molar-refractivity contribution in [2.75, 3.05) is 0 Å². The number of aromatic nitrogens is 2. The van der Waals surface area contributed by atoms with Crippen molar-refractivity contribution < 1.29 is 28.6 Å². The third-order valence-electron chi connectivity index (χ3n) is 3.48. The fourth-order valence-electron chi connectivity index (χ4n) is 2.14. The first-order valence-corrected chi connectivity index (χ1v) is 8.66. The van der Waals surface area contributed by atoms with E-state index in [9.17, 15) is 14.7 Å². The summed E-state index contributed by atoms with van der Waals surface area (Å²) in [5.41, 5.74) is 0.842. The van der Waals surface area contributed by atoms with Gasteiger partial charge in [-0.1, -0.05) is 19.1 Å². The van der Waals surface area contributed by atoms with E-state index in [1.807, 2.05) is 6.92 Å². The predicted molar refractivity (Wildman–Crippen MR) is 96.2 cm³/mol. The predicted octanol–water partition coefficient (Wildman–Crippen LogP) is 3.81. The molecule has 0 aliphatic heterocycles. The van der Waals surface area contributed by atoms with Crippen LogP contribution >= 0.6 is 11.8 Å². The maximum absolute atomic E-state index is 11.5. The lowest BCUT2D eigenvalue weighted by Crippen LogP contribution is -1.96. The van der Waals surface area contributed by atoms with E-state index in [0.717, 1.165) is 11.8 Å². The Morgan fingerprint density at radius 3 is 2.41 bits per heavy atom. The number of carboxylic acid groups (broad SMARTS) is 2. The highest BCUT2D eigenvalue weighted by Crippen LogP contribution is 2.29. The number of hydrogen-bond acceptors (Lipinski definition) is 7. The SMILES string of the molecule is CCc1nnc(S/C(=C/c2ccc(-c3ccc(C(=O)O)cc3)o2)C(=O)O)o1. The standard InChI is InChI=1S/C18H14N2O6S/c1-2-15-19-20-18(26-15)27-14(17(23)24)9-12-7-8-13(25-12)10-3-5-11(6-4-10)16(21)22/h3-9H,2H2,1H3,(H,21,22)(H,23,24)/b14-9+. The van der Waals surface area contributed by atoms with Crippen LogP contribution in [0.4, 0.5) is 0 Å². The molecule has 0 amide bonds. The molecule has 1 aromatic carbocycles. The molecule has 27 heavy (non-hydrogen) atoms. The van der Waals surface area contributed by atoms with Crippen LogP contribution in [0, 0.1) is 0 Å². The van der Waals surface area contributed by atoms with E-state index in [2.05, 4.69) is 10.2 Å². The Bertz CT molecular complexity index is 1000. The Balaban J connectivity index is 1.82. The number of aryl methyl sites for hydroxylation is 1. The number of carboxylic acids is 2. The van der Waals surface area contributed by atoms with Crippen molar-refractivity contribution in [2.45, 2.75) is 18.6 Å². The number of thioether (sulfide) groups is 1. The molecule has 0 unspecified atom stereocenters. The summed E-state index contributed by atoms with van der Waals surface area (Å²) in [6, 6.07) is 9.47. The van der Waals surface area contributed by atoms with Crippen molar-refractivity contribution in [3.63, 3.8) is 0 Å². The van der Waals surface area contributed by atoms with Gasteiger partial charge >= 0.3 is 11.9 Å². The molecule has 0 aliphatic carbocycles. The Kier molecular flexibility index (Phi) is 5.41. The molecule has 8 nitrogen and oxygen atoms in total. The zero-order valence-electron chi connectivity index (χ0n) is 14.1. The Labute approximate surface area is 157 Å². The maximum Gasteiger partial charge on any atom is 0.342 e. The van der Waals surface area contributed by atoms with Crippen LogP contribution in [0.15, 0.2) is 55.4 Å². The molecule has 2 heterocycles. The molecule has 0 atom stereocenters. The van der Waals surface area contributed by atoms with Gasteiger partial charge in [0.1, 0.15) is 16.4 Å². The van der Waals surface area contributed by atoms with E-state index in [1.54, 1.807) is 24.3 Å². The van der Waals surface area contributed by atoms with Crippen LogP contribution in [-0.4, -0.2) is 32.3 Å². The van der Waals surface area contributed by atoms with Gasteiger partial charge in [0.15, 0.2) is 0 Å². The topological polar surface area (TPSA) is 127 Å². The van der Waals surface area contributed by atoms with E-state index in [4.69, 9.17) is 13.9 Å². The van der Waals surface area contributed by atoms with E-state index < -0.39 is 11.9 Å². The monoisotopic (exact) mass is 386 g/mol. The fourth-order valence-corrected chi connectivity index (χ4v) is 2.81. The molecule has 138 valence electrons. The molecule has 3 aromatic rings. The lowest BCUT2D eigenvalue weighted by atomic mass is 10.1. The number of furan rings is 1. The molecule has 2 N–H and O–H groups in total. The first-order chi connectivity index (χ1) is 13.0. The van der Waals surface area contributed by atoms with Crippen molar-refractivity contribution in [3.8, 4) is 11.3 Å². The normalized spacial score (nSPS) is 11.5. The molecule has 0 radical (unpaired) electrons. The summed E-state index contributed by atoms with van der Waals surface area (Å²) in [6.45, 7) is 1.85. The van der Waals surface area contributed by atoms with Gasteiger partial charge in [0.2, 0.25) is 5.89 Å². The molecule has 2 aromatic heterocycles. The zero-order chi connectivity index (χ0) is 19.4. The third-order valence-corrected chi connectivity index (χ3v) is 4.33. The van der Waals surface area contributed by atoms with E-state index in [-0.39, 0.29) is 15.7 Å². The number of benzene rings is 1. The van der Waals surface area contributed by atoms with Crippen LogP contribution in [0.3, 0.4) is 0 Å². The van der Waals surface area contributed by atoms with Gasteiger partial charge in [0.25, 0.3) is 5.22 Å². The van der Waals surface area contributed by atoms with Gasteiger partial charge in [-0.25, -0.2) is 9.59 Å². The van der Waals surface area contributed by atoms with Crippen LogP contribution in [0.5, 0.6) is 0 Å². The van der Waals surface area contributed by atoms with Gasteiger partial charge in [-0.3, -0.25) is 0 Å².